The quantitative estimate of drug-likeness (QED) is 0.680. The first-order valence-corrected chi connectivity index (χ1v) is 6.63. The van der Waals surface area contributed by atoms with Crippen LogP contribution in [-0.2, 0) is 0 Å². The molecule has 1 N–H and O–H groups in total. The Hall–Kier alpha value is -0.0800. The number of hydrogen-bond donors (Lipinski definition) is 1. The van der Waals surface area contributed by atoms with Gasteiger partial charge in [-0.25, -0.2) is 0 Å². The van der Waals surface area contributed by atoms with Gasteiger partial charge in [0.2, 0.25) is 0 Å². The van der Waals surface area contributed by atoms with Crippen LogP contribution in [0.5, 0.6) is 0 Å². The number of nitrogens with one attached hydrogen (secondary N) is 1. The van der Waals surface area contributed by atoms with Gasteiger partial charge in [0.1, 0.15) is 0 Å². The molecule has 1 heterocycles. The van der Waals surface area contributed by atoms with E-state index in [9.17, 15) is 0 Å². The van der Waals surface area contributed by atoms with Crippen LogP contribution in [0.2, 0.25) is 0 Å². The van der Waals surface area contributed by atoms with Gasteiger partial charge in [0, 0.05) is 13.1 Å². The van der Waals surface area contributed by atoms with E-state index in [-0.39, 0.29) is 0 Å². The molecular formula is C13H28N2. The zero-order valence-corrected chi connectivity index (χ0v) is 10.8. The minimum atomic E-state index is 0.798. The first-order valence-electron chi connectivity index (χ1n) is 6.63. The van der Waals surface area contributed by atoms with Crippen molar-refractivity contribution in [2.75, 3.05) is 32.7 Å². The van der Waals surface area contributed by atoms with Gasteiger partial charge in [0.15, 0.2) is 0 Å². The van der Waals surface area contributed by atoms with Crippen LogP contribution in [0.15, 0.2) is 0 Å². The zero-order chi connectivity index (χ0) is 11.1. The third-order valence-corrected chi connectivity index (χ3v) is 3.66. The summed E-state index contributed by atoms with van der Waals surface area (Å²) >= 11 is 0. The highest BCUT2D eigenvalue weighted by Gasteiger charge is 2.10. The third-order valence-electron chi connectivity index (χ3n) is 3.66. The molecule has 2 nitrogen and oxygen atoms in total. The van der Waals surface area contributed by atoms with Gasteiger partial charge in [-0.3, -0.25) is 0 Å². The van der Waals surface area contributed by atoms with Crippen molar-refractivity contribution in [3.63, 3.8) is 0 Å². The zero-order valence-electron chi connectivity index (χ0n) is 10.8. The van der Waals surface area contributed by atoms with Crippen molar-refractivity contribution in [2.45, 2.75) is 40.0 Å². The lowest BCUT2D eigenvalue weighted by Gasteiger charge is -2.26. The standard InChI is InChI=1S/C13H28N2/c1-12(2)13(3)11-14-7-10-15-8-5-4-6-9-15/h12-14H,4-11H2,1-3H3. The molecule has 1 atom stereocenters. The first-order chi connectivity index (χ1) is 7.20. The monoisotopic (exact) mass is 212 g/mol. The lowest BCUT2D eigenvalue weighted by atomic mass is 9.98. The van der Waals surface area contributed by atoms with Gasteiger partial charge < -0.3 is 10.2 Å². The summed E-state index contributed by atoms with van der Waals surface area (Å²) in [5.74, 6) is 1.60. The van der Waals surface area contributed by atoms with Gasteiger partial charge in [0.05, 0.1) is 0 Å². The molecule has 0 radical (unpaired) electrons. The summed E-state index contributed by atoms with van der Waals surface area (Å²) < 4.78 is 0. The minimum absolute atomic E-state index is 0.798. The van der Waals surface area contributed by atoms with Crippen molar-refractivity contribution in [1.82, 2.24) is 10.2 Å². The Morgan fingerprint density at radius 1 is 1.07 bits per heavy atom. The molecule has 0 aromatic carbocycles. The average molecular weight is 212 g/mol. The molecule has 0 aliphatic carbocycles. The van der Waals surface area contributed by atoms with E-state index in [0.29, 0.717) is 0 Å². The van der Waals surface area contributed by atoms with Crippen molar-refractivity contribution >= 4 is 0 Å². The minimum Gasteiger partial charge on any atom is -0.315 e. The molecule has 2 heteroatoms. The van der Waals surface area contributed by atoms with Crippen LogP contribution in [0.25, 0.3) is 0 Å². The smallest absolute Gasteiger partial charge is 0.0107 e. The lowest BCUT2D eigenvalue weighted by Crippen LogP contribution is -2.37. The molecule has 1 aliphatic heterocycles. The molecule has 1 fully saturated rings. The Kier molecular flexibility index (Phi) is 6.26. The maximum atomic E-state index is 3.57. The molecular weight excluding hydrogens is 184 g/mol. The predicted octanol–water partition coefficient (Wildman–Crippen LogP) is 2.35. The Morgan fingerprint density at radius 3 is 2.33 bits per heavy atom. The molecule has 90 valence electrons. The van der Waals surface area contributed by atoms with Crippen molar-refractivity contribution in [3.05, 3.63) is 0 Å². The summed E-state index contributed by atoms with van der Waals surface area (Å²) in [6.07, 6.45) is 4.25. The van der Waals surface area contributed by atoms with E-state index in [4.69, 9.17) is 0 Å². The van der Waals surface area contributed by atoms with Gasteiger partial charge >= 0.3 is 0 Å². The molecule has 1 saturated heterocycles. The summed E-state index contributed by atoms with van der Waals surface area (Å²) in [5, 5.41) is 3.57. The van der Waals surface area contributed by atoms with Gasteiger partial charge in [-0.2, -0.15) is 0 Å². The summed E-state index contributed by atoms with van der Waals surface area (Å²) in [7, 11) is 0. The van der Waals surface area contributed by atoms with Crippen molar-refractivity contribution in [1.29, 1.82) is 0 Å². The van der Waals surface area contributed by atoms with E-state index in [1.54, 1.807) is 0 Å². The molecule has 0 aromatic rings. The second-order valence-corrected chi connectivity index (χ2v) is 5.33. The summed E-state index contributed by atoms with van der Waals surface area (Å²) in [6, 6.07) is 0. The highest BCUT2D eigenvalue weighted by Crippen LogP contribution is 2.08. The van der Waals surface area contributed by atoms with E-state index < -0.39 is 0 Å². The Bertz CT molecular complexity index is 151. The summed E-state index contributed by atoms with van der Waals surface area (Å²) in [5.41, 5.74) is 0. The number of hydrogen-bond acceptors (Lipinski definition) is 2. The second kappa shape index (κ2) is 7.24. The van der Waals surface area contributed by atoms with Crippen LogP contribution >= 0.6 is 0 Å². The molecule has 0 spiro atoms. The Morgan fingerprint density at radius 2 is 1.73 bits per heavy atom. The van der Waals surface area contributed by atoms with E-state index in [2.05, 4.69) is 31.0 Å². The van der Waals surface area contributed by atoms with Crippen LogP contribution in [0, 0.1) is 11.8 Å². The van der Waals surface area contributed by atoms with Crippen LogP contribution in [-0.4, -0.2) is 37.6 Å². The fourth-order valence-electron chi connectivity index (χ4n) is 1.99. The van der Waals surface area contributed by atoms with E-state index >= 15 is 0 Å². The molecule has 1 unspecified atom stereocenters. The maximum Gasteiger partial charge on any atom is 0.0107 e. The maximum absolute atomic E-state index is 3.57. The Labute approximate surface area is 95.4 Å². The molecule has 0 saturated carbocycles. The largest absolute Gasteiger partial charge is 0.315 e. The molecule has 1 rings (SSSR count). The Balaban J connectivity index is 1.96. The lowest BCUT2D eigenvalue weighted by molar-refractivity contribution is 0.226. The van der Waals surface area contributed by atoms with Gasteiger partial charge in [-0.15, -0.1) is 0 Å². The fourth-order valence-corrected chi connectivity index (χ4v) is 1.99. The first kappa shape index (κ1) is 13.0. The van der Waals surface area contributed by atoms with Crippen molar-refractivity contribution < 1.29 is 0 Å². The van der Waals surface area contributed by atoms with E-state index in [1.165, 1.54) is 45.4 Å². The number of piperidine rings is 1. The SMILES string of the molecule is CC(C)C(C)CNCCN1CCCCC1. The normalized spacial score (nSPS) is 20.8. The summed E-state index contributed by atoms with van der Waals surface area (Å²) in [6.45, 7) is 13.2. The highest BCUT2D eigenvalue weighted by molar-refractivity contribution is 4.66. The van der Waals surface area contributed by atoms with Crippen LogP contribution in [0.1, 0.15) is 40.0 Å². The van der Waals surface area contributed by atoms with Gasteiger partial charge in [-0.05, 0) is 44.3 Å². The van der Waals surface area contributed by atoms with Gasteiger partial charge in [-0.1, -0.05) is 27.2 Å². The van der Waals surface area contributed by atoms with E-state index in [0.717, 1.165) is 18.4 Å². The topological polar surface area (TPSA) is 15.3 Å². The number of rotatable bonds is 6. The predicted molar refractivity (Wildman–Crippen MR) is 67.2 cm³/mol. The molecule has 0 amide bonds. The van der Waals surface area contributed by atoms with Crippen molar-refractivity contribution in [3.8, 4) is 0 Å². The molecule has 1 aliphatic rings. The average Bonchev–Trinajstić information content (AvgIpc) is 2.25. The molecule has 15 heavy (non-hydrogen) atoms. The fraction of sp³-hybridized carbons (Fsp3) is 1.00. The van der Waals surface area contributed by atoms with Crippen LogP contribution < -0.4 is 5.32 Å². The molecule has 0 bridgehead atoms. The molecule has 0 aromatic heterocycles. The van der Waals surface area contributed by atoms with Crippen LogP contribution in [0.4, 0.5) is 0 Å². The number of nitrogens with zero attached hydrogens (tertiary/aromatic N) is 1. The second-order valence-electron chi connectivity index (χ2n) is 5.33. The van der Waals surface area contributed by atoms with Crippen molar-refractivity contribution in [2.24, 2.45) is 11.8 Å². The third kappa shape index (κ3) is 5.53. The number of likely N-dealkylation sites (tertiary alicyclic amines) is 1. The van der Waals surface area contributed by atoms with E-state index in [1.807, 2.05) is 0 Å². The van der Waals surface area contributed by atoms with Crippen LogP contribution in [0.3, 0.4) is 0 Å². The summed E-state index contributed by atoms with van der Waals surface area (Å²) in [4.78, 5) is 2.59. The highest BCUT2D eigenvalue weighted by atomic mass is 15.1. The van der Waals surface area contributed by atoms with Gasteiger partial charge in [0.25, 0.3) is 0 Å².